The molecule has 0 saturated heterocycles. The molecule has 0 aliphatic heterocycles. The molecule has 0 aromatic rings. The SMILES string of the molecule is C=C(/C=C(C)\C(=C/C)CC)CCC. The molecule has 13 heavy (non-hydrogen) atoms. The third-order valence-corrected chi connectivity index (χ3v) is 2.23. The van der Waals surface area contributed by atoms with E-state index < -0.39 is 0 Å². The van der Waals surface area contributed by atoms with Gasteiger partial charge in [0, 0.05) is 0 Å². The predicted molar refractivity (Wildman–Crippen MR) is 61.9 cm³/mol. The van der Waals surface area contributed by atoms with Gasteiger partial charge in [0.25, 0.3) is 0 Å². The summed E-state index contributed by atoms with van der Waals surface area (Å²) >= 11 is 0. The molecule has 0 fully saturated rings. The smallest absolute Gasteiger partial charge is 0.0287 e. The fourth-order valence-electron chi connectivity index (χ4n) is 1.50. The van der Waals surface area contributed by atoms with E-state index in [2.05, 4.69) is 46.4 Å². The molecular formula is C13H22. The second kappa shape index (κ2) is 6.71. The lowest BCUT2D eigenvalue weighted by Crippen LogP contribution is -1.85. The summed E-state index contributed by atoms with van der Waals surface area (Å²) < 4.78 is 0. The summed E-state index contributed by atoms with van der Waals surface area (Å²) in [5.41, 5.74) is 4.04. The largest absolute Gasteiger partial charge is 0.0958 e. The van der Waals surface area contributed by atoms with Crippen molar-refractivity contribution >= 4 is 0 Å². The van der Waals surface area contributed by atoms with Gasteiger partial charge in [-0.3, -0.25) is 0 Å². The molecule has 0 saturated carbocycles. The number of hydrogen-bond donors (Lipinski definition) is 0. The first-order valence-corrected chi connectivity index (χ1v) is 5.17. The van der Waals surface area contributed by atoms with Crippen LogP contribution in [0, 0.1) is 0 Å². The summed E-state index contributed by atoms with van der Waals surface area (Å²) in [6.07, 6.45) is 7.80. The molecular weight excluding hydrogens is 156 g/mol. The number of hydrogen-bond acceptors (Lipinski definition) is 0. The molecule has 0 aromatic heterocycles. The van der Waals surface area contributed by atoms with E-state index in [4.69, 9.17) is 0 Å². The van der Waals surface area contributed by atoms with Gasteiger partial charge < -0.3 is 0 Å². The van der Waals surface area contributed by atoms with Crippen LogP contribution in [0.25, 0.3) is 0 Å². The minimum atomic E-state index is 1.11. The third kappa shape index (κ3) is 4.72. The van der Waals surface area contributed by atoms with Gasteiger partial charge in [-0.25, -0.2) is 0 Å². The third-order valence-electron chi connectivity index (χ3n) is 2.23. The van der Waals surface area contributed by atoms with Crippen LogP contribution < -0.4 is 0 Å². The average molecular weight is 178 g/mol. The Kier molecular flexibility index (Phi) is 6.30. The zero-order chi connectivity index (χ0) is 10.3. The fourth-order valence-corrected chi connectivity index (χ4v) is 1.50. The van der Waals surface area contributed by atoms with Crippen LogP contribution in [0.2, 0.25) is 0 Å². The first-order valence-electron chi connectivity index (χ1n) is 5.17. The van der Waals surface area contributed by atoms with Crippen molar-refractivity contribution in [3.8, 4) is 0 Å². The highest BCUT2D eigenvalue weighted by Gasteiger charge is 1.96. The Morgan fingerprint density at radius 1 is 1.31 bits per heavy atom. The standard InChI is InChI=1S/C13H22/c1-6-9-11(4)10-12(5)13(7-2)8-3/h7,10H,4,6,8-9H2,1-3,5H3/b12-10-,13-7-. The minimum Gasteiger partial charge on any atom is -0.0958 e. The van der Waals surface area contributed by atoms with Gasteiger partial charge in [-0.1, -0.05) is 44.6 Å². The van der Waals surface area contributed by atoms with E-state index in [-0.39, 0.29) is 0 Å². The van der Waals surface area contributed by atoms with Crippen molar-refractivity contribution in [2.45, 2.75) is 47.0 Å². The van der Waals surface area contributed by atoms with E-state index in [9.17, 15) is 0 Å². The van der Waals surface area contributed by atoms with E-state index in [0.29, 0.717) is 0 Å². The molecule has 0 nitrogen and oxygen atoms in total. The van der Waals surface area contributed by atoms with Crippen molar-refractivity contribution in [1.82, 2.24) is 0 Å². The molecule has 0 spiro atoms. The van der Waals surface area contributed by atoms with Gasteiger partial charge in [0.1, 0.15) is 0 Å². The van der Waals surface area contributed by atoms with Crippen LogP contribution in [-0.4, -0.2) is 0 Å². The summed E-state index contributed by atoms with van der Waals surface area (Å²) in [5, 5.41) is 0. The van der Waals surface area contributed by atoms with Crippen molar-refractivity contribution in [3.05, 3.63) is 35.5 Å². The van der Waals surface area contributed by atoms with Crippen molar-refractivity contribution in [3.63, 3.8) is 0 Å². The Labute approximate surface area is 83.0 Å². The van der Waals surface area contributed by atoms with Gasteiger partial charge in [-0.2, -0.15) is 0 Å². The van der Waals surface area contributed by atoms with Crippen LogP contribution in [0.3, 0.4) is 0 Å². The van der Waals surface area contributed by atoms with E-state index >= 15 is 0 Å². The molecule has 0 aromatic carbocycles. The highest BCUT2D eigenvalue weighted by molar-refractivity contribution is 5.34. The normalized spacial score (nSPS) is 13.2. The van der Waals surface area contributed by atoms with E-state index in [1.165, 1.54) is 23.1 Å². The average Bonchev–Trinajstić information content (AvgIpc) is 2.06. The van der Waals surface area contributed by atoms with Gasteiger partial charge in [0.15, 0.2) is 0 Å². The van der Waals surface area contributed by atoms with Crippen LogP contribution in [0.15, 0.2) is 35.5 Å². The summed E-state index contributed by atoms with van der Waals surface area (Å²) in [6, 6.07) is 0. The zero-order valence-corrected chi connectivity index (χ0v) is 9.48. The summed E-state index contributed by atoms with van der Waals surface area (Å²) in [7, 11) is 0. The summed E-state index contributed by atoms with van der Waals surface area (Å²) in [5.74, 6) is 0. The molecule has 0 bridgehead atoms. The quantitative estimate of drug-likeness (QED) is 0.538. The van der Waals surface area contributed by atoms with Crippen LogP contribution in [0.5, 0.6) is 0 Å². The maximum Gasteiger partial charge on any atom is -0.0287 e. The van der Waals surface area contributed by atoms with Crippen molar-refractivity contribution in [2.24, 2.45) is 0 Å². The van der Waals surface area contributed by atoms with Crippen molar-refractivity contribution < 1.29 is 0 Å². The molecule has 74 valence electrons. The molecule has 0 atom stereocenters. The minimum absolute atomic E-state index is 1.11. The van der Waals surface area contributed by atoms with Gasteiger partial charge >= 0.3 is 0 Å². The lowest BCUT2D eigenvalue weighted by atomic mass is 10.0. The van der Waals surface area contributed by atoms with Crippen molar-refractivity contribution in [2.75, 3.05) is 0 Å². The molecule has 0 radical (unpaired) electrons. The van der Waals surface area contributed by atoms with Crippen LogP contribution >= 0.6 is 0 Å². The van der Waals surface area contributed by atoms with Gasteiger partial charge in [-0.15, -0.1) is 0 Å². The van der Waals surface area contributed by atoms with Crippen molar-refractivity contribution in [1.29, 1.82) is 0 Å². The summed E-state index contributed by atoms with van der Waals surface area (Å²) in [6.45, 7) is 12.7. The Bertz CT molecular complexity index is 216. The van der Waals surface area contributed by atoms with E-state index in [1.807, 2.05) is 0 Å². The summed E-state index contributed by atoms with van der Waals surface area (Å²) in [4.78, 5) is 0. The second-order valence-electron chi connectivity index (χ2n) is 3.40. The molecule has 0 heteroatoms. The first kappa shape index (κ1) is 12.2. The molecule has 0 amide bonds. The van der Waals surface area contributed by atoms with E-state index in [1.54, 1.807) is 0 Å². The van der Waals surface area contributed by atoms with Gasteiger partial charge in [-0.05, 0) is 37.8 Å². The molecule has 0 unspecified atom stereocenters. The zero-order valence-electron chi connectivity index (χ0n) is 9.48. The van der Waals surface area contributed by atoms with E-state index in [0.717, 1.165) is 12.8 Å². The number of rotatable bonds is 5. The molecule has 0 aliphatic carbocycles. The van der Waals surface area contributed by atoms with Crippen LogP contribution in [-0.2, 0) is 0 Å². The van der Waals surface area contributed by atoms with Gasteiger partial charge in [0.05, 0.1) is 0 Å². The van der Waals surface area contributed by atoms with Gasteiger partial charge in [0.2, 0.25) is 0 Å². The fraction of sp³-hybridized carbons (Fsp3) is 0.538. The highest BCUT2D eigenvalue weighted by atomic mass is 14.0. The highest BCUT2D eigenvalue weighted by Crippen LogP contribution is 2.16. The second-order valence-corrected chi connectivity index (χ2v) is 3.40. The Morgan fingerprint density at radius 2 is 1.92 bits per heavy atom. The Morgan fingerprint density at radius 3 is 2.31 bits per heavy atom. The first-order chi connectivity index (χ1) is 6.15. The maximum absolute atomic E-state index is 4.03. The molecule has 0 aliphatic rings. The molecule has 0 heterocycles. The maximum atomic E-state index is 4.03. The Hall–Kier alpha value is -0.780. The Balaban J connectivity index is 4.38. The topological polar surface area (TPSA) is 0 Å². The van der Waals surface area contributed by atoms with Crippen LogP contribution in [0.4, 0.5) is 0 Å². The van der Waals surface area contributed by atoms with Crippen LogP contribution in [0.1, 0.15) is 47.0 Å². The lowest BCUT2D eigenvalue weighted by molar-refractivity contribution is 0.926. The predicted octanol–water partition coefficient (Wildman–Crippen LogP) is 4.65. The number of allylic oxidation sites excluding steroid dienone is 5. The molecule has 0 N–H and O–H groups in total. The lowest BCUT2D eigenvalue weighted by Gasteiger charge is -2.05. The molecule has 0 rings (SSSR count). The monoisotopic (exact) mass is 178 g/mol.